The van der Waals surface area contributed by atoms with Crippen molar-refractivity contribution < 1.29 is 8.81 Å². The predicted octanol–water partition coefficient (Wildman–Crippen LogP) is 5.08. The van der Waals surface area contributed by atoms with Crippen molar-refractivity contribution >= 4 is 22.6 Å². The summed E-state index contributed by atoms with van der Waals surface area (Å²) in [6, 6.07) is 14.7. The molecule has 0 saturated heterocycles. The molecule has 0 bridgehead atoms. The molecule has 0 aliphatic heterocycles. The van der Waals surface area contributed by atoms with Crippen molar-refractivity contribution in [1.82, 2.24) is 5.32 Å². The summed E-state index contributed by atoms with van der Waals surface area (Å²) in [6.45, 7) is 2.63. The second-order valence-corrected chi connectivity index (χ2v) is 5.44. The van der Waals surface area contributed by atoms with Crippen LogP contribution in [0.15, 0.2) is 52.9 Å². The summed E-state index contributed by atoms with van der Waals surface area (Å²) in [5.41, 5.74) is 1.82. The first-order chi connectivity index (χ1) is 10.1. The lowest BCUT2D eigenvalue weighted by molar-refractivity contribution is 0.450. The Bertz CT molecular complexity index is 735. The Labute approximate surface area is 127 Å². The number of benzene rings is 2. The maximum Gasteiger partial charge on any atom is 0.141 e. The van der Waals surface area contributed by atoms with Crippen LogP contribution in [-0.4, -0.2) is 0 Å². The molecule has 1 aromatic heterocycles. The third-order valence-electron chi connectivity index (χ3n) is 3.47. The molecule has 2 nitrogen and oxygen atoms in total. The SMILES string of the molecule is CC(NCc1ccc(F)c(Cl)c1)c1cc2ccccc2o1. The van der Waals surface area contributed by atoms with Crippen LogP contribution in [0.3, 0.4) is 0 Å². The van der Waals surface area contributed by atoms with Gasteiger partial charge in [0.15, 0.2) is 0 Å². The Hall–Kier alpha value is -1.84. The molecule has 0 saturated carbocycles. The number of furan rings is 1. The molecule has 0 amide bonds. The summed E-state index contributed by atoms with van der Waals surface area (Å²) in [5, 5.41) is 4.58. The number of para-hydroxylation sites is 1. The van der Waals surface area contributed by atoms with Crippen molar-refractivity contribution in [3.63, 3.8) is 0 Å². The van der Waals surface area contributed by atoms with Crippen molar-refractivity contribution in [3.05, 3.63) is 70.7 Å². The van der Waals surface area contributed by atoms with E-state index in [1.807, 2.05) is 37.3 Å². The van der Waals surface area contributed by atoms with Gasteiger partial charge in [-0.15, -0.1) is 0 Å². The van der Waals surface area contributed by atoms with Crippen LogP contribution >= 0.6 is 11.6 Å². The zero-order valence-corrected chi connectivity index (χ0v) is 12.3. The molecule has 0 aliphatic carbocycles. The molecular formula is C17H15ClFNO. The first-order valence-electron chi connectivity index (χ1n) is 6.79. The van der Waals surface area contributed by atoms with Crippen LogP contribution in [-0.2, 0) is 6.54 Å². The van der Waals surface area contributed by atoms with Gasteiger partial charge in [0, 0.05) is 11.9 Å². The maximum absolute atomic E-state index is 13.1. The number of hydrogen-bond acceptors (Lipinski definition) is 2. The first-order valence-corrected chi connectivity index (χ1v) is 7.17. The Morgan fingerprint density at radius 1 is 1.19 bits per heavy atom. The normalized spacial score (nSPS) is 12.7. The van der Waals surface area contributed by atoms with Gasteiger partial charge in [0.05, 0.1) is 11.1 Å². The highest BCUT2D eigenvalue weighted by atomic mass is 35.5. The minimum absolute atomic E-state index is 0.0567. The van der Waals surface area contributed by atoms with Gasteiger partial charge in [0.1, 0.15) is 17.2 Å². The minimum atomic E-state index is -0.397. The van der Waals surface area contributed by atoms with Crippen LogP contribution in [0.4, 0.5) is 4.39 Å². The largest absolute Gasteiger partial charge is 0.459 e. The summed E-state index contributed by atoms with van der Waals surface area (Å²) >= 11 is 5.78. The molecule has 3 rings (SSSR count). The van der Waals surface area contributed by atoms with Gasteiger partial charge in [-0.05, 0) is 36.8 Å². The van der Waals surface area contributed by atoms with Gasteiger partial charge in [-0.25, -0.2) is 4.39 Å². The van der Waals surface area contributed by atoms with E-state index in [0.717, 1.165) is 22.3 Å². The Kier molecular flexibility index (Phi) is 3.95. The average Bonchev–Trinajstić information content (AvgIpc) is 2.92. The topological polar surface area (TPSA) is 25.2 Å². The Balaban J connectivity index is 1.70. The zero-order valence-electron chi connectivity index (χ0n) is 11.6. The summed E-state index contributed by atoms with van der Waals surface area (Å²) in [6.07, 6.45) is 0. The number of fused-ring (bicyclic) bond motifs is 1. The lowest BCUT2D eigenvalue weighted by Crippen LogP contribution is -2.17. The third kappa shape index (κ3) is 3.09. The average molecular weight is 304 g/mol. The summed E-state index contributed by atoms with van der Waals surface area (Å²) in [5.74, 6) is 0.482. The van der Waals surface area contributed by atoms with Gasteiger partial charge in [0.25, 0.3) is 0 Å². The van der Waals surface area contributed by atoms with Gasteiger partial charge in [-0.2, -0.15) is 0 Å². The van der Waals surface area contributed by atoms with Gasteiger partial charge in [-0.1, -0.05) is 35.9 Å². The molecule has 1 unspecified atom stereocenters. The molecule has 0 aliphatic rings. The van der Waals surface area contributed by atoms with Crippen LogP contribution in [0.5, 0.6) is 0 Å². The highest BCUT2D eigenvalue weighted by Crippen LogP contribution is 2.24. The zero-order chi connectivity index (χ0) is 14.8. The molecule has 108 valence electrons. The van der Waals surface area contributed by atoms with Crippen LogP contribution in [0, 0.1) is 5.82 Å². The number of hydrogen-bond donors (Lipinski definition) is 1. The molecule has 1 N–H and O–H groups in total. The number of halogens is 2. The van der Waals surface area contributed by atoms with Gasteiger partial charge < -0.3 is 9.73 Å². The van der Waals surface area contributed by atoms with Crippen LogP contribution in [0.2, 0.25) is 5.02 Å². The number of nitrogens with one attached hydrogen (secondary N) is 1. The first kappa shape index (κ1) is 14.1. The maximum atomic E-state index is 13.1. The van der Waals surface area contributed by atoms with E-state index in [1.54, 1.807) is 12.1 Å². The molecule has 0 spiro atoms. The van der Waals surface area contributed by atoms with Crippen molar-refractivity contribution in [2.45, 2.75) is 19.5 Å². The summed E-state index contributed by atoms with van der Waals surface area (Å²) in [4.78, 5) is 0. The standard InChI is InChI=1S/C17H15ClFNO/c1-11(17-9-13-4-2-3-5-16(13)21-17)20-10-12-6-7-15(19)14(18)8-12/h2-9,11,20H,10H2,1H3. The molecule has 4 heteroatoms. The Morgan fingerprint density at radius 2 is 2.00 bits per heavy atom. The fourth-order valence-corrected chi connectivity index (χ4v) is 2.44. The van der Waals surface area contributed by atoms with Gasteiger partial charge >= 0.3 is 0 Å². The van der Waals surface area contributed by atoms with Gasteiger partial charge in [-0.3, -0.25) is 0 Å². The molecule has 21 heavy (non-hydrogen) atoms. The van der Waals surface area contributed by atoms with E-state index in [1.165, 1.54) is 6.07 Å². The Morgan fingerprint density at radius 3 is 2.76 bits per heavy atom. The van der Waals surface area contributed by atoms with Crippen LogP contribution in [0.1, 0.15) is 24.3 Å². The summed E-state index contributed by atoms with van der Waals surface area (Å²) in [7, 11) is 0. The van der Waals surface area contributed by atoms with E-state index in [9.17, 15) is 4.39 Å². The smallest absolute Gasteiger partial charge is 0.141 e. The van der Waals surface area contributed by atoms with Crippen LogP contribution in [0.25, 0.3) is 11.0 Å². The third-order valence-corrected chi connectivity index (χ3v) is 3.76. The van der Waals surface area contributed by atoms with E-state index in [0.29, 0.717) is 6.54 Å². The van der Waals surface area contributed by atoms with Crippen molar-refractivity contribution in [2.24, 2.45) is 0 Å². The molecule has 0 radical (unpaired) electrons. The molecule has 0 fully saturated rings. The predicted molar refractivity (Wildman–Crippen MR) is 82.9 cm³/mol. The monoisotopic (exact) mass is 303 g/mol. The van der Waals surface area contributed by atoms with Crippen LogP contribution < -0.4 is 5.32 Å². The molecule has 1 atom stereocenters. The highest BCUT2D eigenvalue weighted by Gasteiger charge is 2.11. The molecule has 3 aromatic rings. The molecule has 2 aromatic carbocycles. The lowest BCUT2D eigenvalue weighted by Gasteiger charge is -2.11. The van der Waals surface area contributed by atoms with Gasteiger partial charge in [0.2, 0.25) is 0 Å². The van der Waals surface area contributed by atoms with E-state index in [4.69, 9.17) is 16.0 Å². The second kappa shape index (κ2) is 5.88. The molecular weight excluding hydrogens is 289 g/mol. The summed E-state index contributed by atoms with van der Waals surface area (Å²) < 4.78 is 18.9. The highest BCUT2D eigenvalue weighted by molar-refractivity contribution is 6.30. The van der Waals surface area contributed by atoms with Crippen molar-refractivity contribution in [3.8, 4) is 0 Å². The fourth-order valence-electron chi connectivity index (χ4n) is 2.24. The van der Waals surface area contributed by atoms with E-state index in [-0.39, 0.29) is 11.1 Å². The van der Waals surface area contributed by atoms with E-state index < -0.39 is 5.82 Å². The minimum Gasteiger partial charge on any atom is -0.459 e. The molecule has 1 heterocycles. The van der Waals surface area contributed by atoms with E-state index >= 15 is 0 Å². The quantitative estimate of drug-likeness (QED) is 0.727. The van der Waals surface area contributed by atoms with Crippen molar-refractivity contribution in [2.75, 3.05) is 0 Å². The van der Waals surface area contributed by atoms with Crippen molar-refractivity contribution in [1.29, 1.82) is 0 Å². The lowest BCUT2D eigenvalue weighted by atomic mass is 10.2. The number of rotatable bonds is 4. The fraction of sp³-hybridized carbons (Fsp3) is 0.176. The van der Waals surface area contributed by atoms with E-state index in [2.05, 4.69) is 5.32 Å². The second-order valence-electron chi connectivity index (χ2n) is 5.04.